The van der Waals surface area contributed by atoms with Gasteiger partial charge in [0, 0.05) is 18.0 Å². The molecule has 0 heterocycles. The molecule has 1 atom stereocenters. The summed E-state index contributed by atoms with van der Waals surface area (Å²) < 4.78 is 4.90. The van der Waals surface area contributed by atoms with Gasteiger partial charge >= 0.3 is 5.97 Å². The maximum Gasteiger partial charge on any atom is 0.302 e. The quantitative estimate of drug-likeness (QED) is 0.506. The Labute approximate surface area is 109 Å². The van der Waals surface area contributed by atoms with E-state index in [9.17, 15) is 14.9 Å². The Hall–Kier alpha value is -1.82. The second-order valence-corrected chi connectivity index (χ2v) is 4.16. The van der Waals surface area contributed by atoms with E-state index in [2.05, 4.69) is 5.32 Å². The van der Waals surface area contributed by atoms with E-state index in [1.165, 1.54) is 19.1 Å². The number of benzene rings is 1. The van der Waals surface area contributed by atoms with Gasteiger partial charge in [0.2, 0.25) is 0 Å². The molecule has 7 heteroatoms. The number of halogens is 1. The van der Waals surface area contributed by atoms with E-state index < -0.39 is 10.9 Å². The minimum Gasteiger partial charge on any atom is -0.461 e. The lowest BCUT2D eigenvalue weighted by Crippen LogP contribution is -2.22. The van der Waals surface area contributed by atoms with Crippen LogP contribution in [-0.4, -0.2) is 23.5 Å². The smallest absolute Gasteiger partial charge is 0.302 e. The third kappa shape index (κ3) is 4.21. The molecule has 0 radical (unpaired) electrons. The fourth-order valence-corrected chi connectivity index (χ4v) is 1.55. The summed E-state index contributed by atoms with van der Waals surface area (Å²) in [7, 11) is 0. The zero-order chi connectivity index (χ0) is 13.7. The molecule has 1 unspecified atom stereocenters. The van der Waals surface area contributed by atoms with Gasteiger partial charge in [0.1, 0.15) is 11.8 Å². The van der Waals surface area contributed by atoms with E-state index in [1.807, 2.05) is 0 Å². The molecule has 1 aromatic rings. The Balaban J connectivity index is 2.72. The first-order chi connectivity index (χ1) is 8.40. The summed E-state index contributed by atoms with van der Waals surface area (Å²) in [6, 6.07) is 4.33. The van der Waals surface area contributed by atoms with E-state index in [1.54, 1.807) is 13.0 Å². The normalized spacial score (nSPS) is 11.7. The molecule has 0 saturated heterocycles. The van der Waals surface area contributed by atoms with Gasteiger partial charge in [0.05, 0.1) is 11.5 Å². The van der Waals surface area contributed by atoms with E-state index in [0.717, 1.165) is 0 Å². The predicted octanol–water partition coefficient (Wildman–Crippen LogP) is 2.61. The third-order valence-electron chi connectivity index (χ3n) is 2.10. The Morgan fingerprint density at radius 1 is 1.61 bits per heavy atom. The van der Waals surface area contributed by atoms with E-state index in [-0.39, 0.29) is 18.3 Å². The molecule has 0 aliphatic carbocycles. The molecule has 6 nitrogen and oxygen atoms in total. The molecule has 1 N–H and O–H groups in total. The summed E-state index contributed by atoms with van der Waals surface area (Å²) >= 11 is 5.69. The number of carbonyl (C=O) groups excluding carboxylic acids is 1. The molecule has 0 saturated carbocycles. The molecule has 0 amide bonds. The highest BCUT2D eigenvalue weighted by atomic mass is 35.5. The van der Waals surface area contributed by atoms with Gasteiger partial charge in [-0.25, -0.2) is 0 Å². The van der Waals surface area contributed by atoms with E-state index in [4.69, 9.17) is 16.3 Å². The highest BCUT2D eigenvalue weighted by Gasteiger charge is 2.15. The van der Waals surface area contributed by atoms with Crippen LogP contribution in [0.3, 0.4) is 0 Å². The van der Waals surface area contributed by atoms with Crippen LogP contribution in [0.2, 0.25) is 5.02 Å². The number of nitrogens with zero attached hydrogens (tertiary/aromatic N) is 1. The van der Waals surface area contributed by atoms with Crippen LogP contribution in [0.5, 0.6) is 0 Å². The minimum atomic E-state index is -0.523. The van der Waals surface area contributed by atoms with Crippen LogP contribution < -0.4 is 5.32 Å². The lowest BCUT2D eigenvalue weighted by Gasteiger charge is -2.13. The van der Waals surface area contributed by atoms with Crippen molar-refractivity contribution in [2.45, 2.75) is 20.0 Å². The predicted molar refractivity (Wildman–Crippen MR) is 67.8 cm³/mol. The fourth-order valence-electron chi connectivity index (χ4n) is 1.38. The maximum atomic E-state index is 10.8. The number of carbonyl (C=O) groups is 1. The van der Waals surface area contributed by atoms with Gasteiger partial charge in [-0.1, -0.05) is 11.6 Å². The lowest BCUT2D eigenvalue weighted by molar-refractivity contribution is -0.383. The molecular formula is C11H13ClN2O4. The number of nitro groups is 1. The Kier molecular flexibility index (Phi) is 4.91. The van der Waals surface area contributed by atoms with Crippen LogP contribution in [0.15, 0.2) is 18.2 Å². The van der Waals surface area contributed by atoms with Crippen molar-refractivity contribution < 1.29 is 14.5 Å². The number of rotatable bonds is 5. The topological polar surface area (TPSA) is 81.5 Å². The second-order valence-electron chi connectivity index (χ2n) is 3.72. The SMILES string of the molecule is CC(=O)OC(C)CNc1ccc(Cl)cc1[N+](=O)[O-]. The molecule has 0 bridgehead atoms. The summed E-state index contributed by atoms with van der Waals surface area (Å²) in [6.07, 6.45) is -0.377. The molecule has 1 aromatic carbocycles. The van der Waals surface area contributed by atoms with Crippen molar-refractivity contribution in [1.82, 2.24) is 0 Å². The fraction of sp³-hybridized carbons (Fsp3) is 0.364. The first-order valence-corrected chi connectivity index (χ1v) is 5.63. The van der Waals surface area contributed by atoms with Crippen molar-refractivity contribution in [1.29, 1.82) is 0 Å². The number of hydrogen-bond acceptors (Lipinski definition) is 5. The average Bonchev–Trinajstić information content (AvgIpc) is 2.26. The highest BCUT2D eigenvalue weighted by molar-refractivity contribution is 6.30. The van der Waals surface area contributed by atoms with Crippen LogP contribution in [0, 0.1) is 10.1 Å². The third-order valence-corrected chi connectivity index (χ3v) is 2.34. The van der Waals surface area contributed by atoms with Crippen molar-refractivity contribution in [3.05, 3.63) is 33.3 Å². The van der Waals surface area contributed by atoms with Gasteiger partial charge in [-0.2, -0.15) is 0 Å². The number of esters is 1. The summed E-state index contributed by atoms with van der Waals surface area (Å²) in [5, 5.41) is 14.0. The van der Waals surface area contributed by atoms with Gasteiger partial charge in [-0.3, -0.25) is 14.9 Å². The monoisotopic (exact) mass is 272 g/mol. The van der Waals surface area contributed by atoms with E-state index in [0.29, 0.717) is 10.7 Å². The van der Waals surface area contributed by atoms with Crippen LogP contribution in [0.4, 0.5) is 11.4 Å². The zero-order valence-electron chi connectivity index (χ0n) is 9.97. The molecule has 18 heavy (non-hydrogen) atoms. The molecule has 0 aliphatic heterocycles. The summed E-state index contributed by atoms with van der Waals surface area (Å²) in [4.78, 5) is 21.0. The molecular weight excluding hydrogens is 260 g/mol. The van der Waals surface area contributed by atoms with Crippen LogP contribution in [0.1, 0.15) is 13.8 Å². The Morgan fingerprint density at radius 3 is 2.83 bits per heavy atom. The van der Waals surface area contributed by atoms with Crippen molar-refractivity contribution in [3.8, 4) is 0 Å². The van der Waals surface area contributed by atoms with Crippen molar-refractivity contribution in [2.24, 2.45) is 0 Å². The van der Waals surface area contributed by atoms with Gasteiger partial charge in [-0.05, 0) is 19.1 Å². The Bertz CT molecular complexity index is 464. The van der Waals surface area contributed by atoms with Gasteiger partial charge < -0.3 is 10.1 Å². The van der Waals surface area contributed by atoms with Gasteiger partial charge in [0.25, 0.3) is 5.69 Å². The van der Waals surface area contributed by atoms with E-state index >= 15 is 0 Å². The van der Waals surface area contributed by atoms with Crippen LogP contribution in [0.25, 0.3) is 0 Å². The van der Waals surface area contributed by atoms with Gasteiger partial charge in [0.15, 0.2) is 0 Å². The molecule has 0 spiro atoms. The van der Waals surface area contributed by atoms with Crippen molar-refractivity contribution >= 4 is 28.9 Å². The maximum absolute atomic E-state index is 10.8. The summed E-state index contributed by atoms with van der Waals surface area (Å²) in [6.45, 7) is 3.28. The zero-order valence-corrected chi connectivity index (χ0v) is 10.7. The van der Waals surface area contributed by atoms with Crippen LogP contribution in [-0.2, 0) is 9.53 Å². The Morgan fingerprint density at radius 2 is 2.28 bits per heavy atom. The first-order valence-electron chi connectivity index (χ1n) is 5.25. The molecule has 0 aliphatic rings. The largest absolute Gasteiger partial charge is 0.461 e. The van der Waals surface area contributed by atoms with Gasteiger partial charge in [-0.15, -0.1) is 0 Å². The number of anilines is 1. The molecule has 1 rings (SSSR count). The first kappa shape index (κ1) is 14.2. The summed E-state index contributed by atoms with van der Waals surface area (Å²) in [5.74, 6) is -0.394. The standard InChI is InChI=1S/C11H13ClN2O4/c1-7(18-8(2)15)6-13-10-4-3-9(12)5-11(10)14(16)17/h3-5,7,13H,6H2,1-2H3. The number of nitrogens with one attached hydrogen (secondary N) is 1. The minimum absolute atomic E-state index is 0.113. The number of ether oxygens (including phenoxy) is 1. The highest BCUT2D eigenvalue weighted by Crippen LogP contribution is 2.27. The molecule has 0 fully saturated rings. The van der Waals surface area contributed by atoms with Crippen molar-refractivity contribution in [2.75, 3.05) is 11.9 Å². The van der Waals surface area contributed by atoms with Crippen LogP contribution >= 0.6 is 11.6 Å². The molecule has 0 aromatic heterocycles. The summed E-state index contributed by atoms with van der Waals surface area (Å²) in [5.41, 5.74) is 0.223. The number of nitro benzene ring substituents is 1. The second kappa shape index (κ2) is 6.20. The van der Waals surface area contributed by atoms with Crippen molar-refractivity contribution in [3.63, 3.8) is 0 Å². The lowest BCUT2D eigenvalue weighted by atomic mass is 10.2. The molecule has 98 valence electrons. The number of hydrogen-bond donors (Lipinski definition) is 1. The average molecular weight is 273 g/mol.